The second kappa shape index (κ2) is 9.98. The Labute approximate surface area is 183 Å². The molecule has 2 aliphatic rings. The van der Waals surface area contributed by atoms with Gasteiger partial charge in [-0.15, -0.1) is 5.11 Å². The van der Waals surface area contributed by atoms with Crippen molar-refractivity contribution in [3.8, 4) is 0 Å². The summed E-state index contributed by atoms with van der Waals surface area (Å²) in [6, 6.07) is 20.4. The molecular formula is C26H26N4O. The van der Waals surface area contributed by atoms with E-state index in [-0.39, 0.29) is 6.04 Å². The SMILES string of the molecule is COC1(c2ccccc2)C=CC(N=NNNC2C=CC=CC2=Cc2ccccc2)=CC1. The fraction of sp³-hybridized carbons (Fsp3) is 0.154. The highest BCUT2D eigenvalue weighted by Gasteiger charge is 2.30. The van der Waals surface area contributed by atoms with Crippen LogP contribution in [0.25, 0.3) is 6.08 Å². The molecule has 0 aliphatic heterocycles. The van der Waals surface area contributed by atoms with E-state index in [1.807, 2.05) is 66.8 Å². The molecule has 0 radical (unpaired) electrons. The Balaban J connectivity index is 1.35. The molecule has 0 bridgehead atoms. The van der Waals surface area contributed by atoms with Crippen molar-refractivity contribution in [2.75, 3.05) is 7.11 Å². The van der Waals surface area contributed by atoms with Crippen LogP contribution in [0.4, 0.5) is 0 Å². The molecular weight excluding hydrogens is 384 g/mol. The molecule has 0 fully saturated rings. The van der Waals surface area contributed by atoms with Gasteiger partial charge in [-0.2, -0.15) is 0 Å². The average Bonchev–Trinajstić information content (AvgIpc) is 2.84. The number of rotatable bonds is 7. The zero-order valence-corrected chi connectivity index (χ0v) is 17.5. The summed E-state index contributed by atoms with van der Waals surface area (Å²) in [7, 11) is 1.73. The first-order valence-electron chi connectivity index (χ1n) is 10.3. The predicted molar refractivity (Wildman–Crippen MR) is 125 cm³/mol. The van der Waals surface area contributed by atoms with Crippen LogP contribution in [0.1, 0.15) is 17.5 Å². The maximum Gasteiger partial charge on any atom is 0.115 e. The standard InChI is InChI=1S/C26H26N4O/c1-31-26(23-13-6-3-7-14-23)18-16-24(17-19-26)27-29-30-28-25-15-9-8-12-22(25)20-21-10-4-2-5-11-21/h2-18,20,25H,19H2,1H3,(H,27,30)(H,28,29). The molecule has 2 N–H and O–H groups in total. The fourth-order valence-corrected chi connectivity index (χ4v) is 3.64. The van der Waals surface area contributed by atoms with E-state index in [1.54, 1.807) is 7.11 Å². The summed E-state index contributed by atoms with van der Waals surface area (Å²) in [6.07, 6.45) is 17.1. The van der Waals surface area contributed by atoms with Crippen molar-refractivity contribution < 1.29 is 4.74 Å². The van der Waals surface area contributed by atoms with Crippen molar-refractivity contribution in [1.29, 1.82) is 0 Å². The van der Waals surface area contributed by atoms with Gasteiger partial charge in [-0.05, 0) is 34.9 Å². The van der Waals surface area contributed by atoms with Gasteiger partial charge >= 0.3 is 0 Å². The molecule has 31 heavy (non-hydrogen) atoms. The maximum absolute atomic E-state index is 5.83. The number of allylic oxidation sites excluding steroid dienone is 3. The Bertz CT molecular complexity index is 1050. The van der Waals surface area contributed by atoms with Crippen LogP contribution in [0.15, 0.2) is 125 Å². The highest BCUT2D eigenvalue weighted by atomic mass is 16.5. The molecule has 2 unspecified atom stereocenters. The van der Waals surface area contributed by atoms with Gasteiger partial charge in [0, 0.05) is 13.5 Å². The Morgan fingerprint density at radius 3 is 2.48 bits per heavy atom. The Morgan fingerprint density at radius 2 is 1.77 bits per heavy atom. The van der Waals surface area contributed by atoms with Crippen LogP contribution >= 0.6 is 0 Å². The molecule has 2 aromatic rings. The lowest BCUT2D eigenvalue weighted by Crippen LogP contribution is -2.37. The minimum Gasteiger partial charge on any atom is -0.369 e. The van der Waals surface area contributed by atoms with Gasteiger partial charge in [0.05, 0.1) is 11.7 Å². The number of benzene rings is 2. The van der Waals surface area contributed by atoms with Gasteiger partial charge in [-0.25, -0.2) is 11.0 Å². The zero-order chi connectivity index (χ0) is 21.4. The van der Waals surface area contributed by atoms with Crippen LogP contribution < -0.4 is 11.0 Å². The molecule has 0 amide bonds. The van der Waals surface area contributed by atoms with Crippen molar-refractivity contribution in [2.24, 2.45) is 10.3 Å². The van der Waals surface area contributed by atoms with Gasteiger partial charge in [0.1, 0.15) is 5.60 Å². The highest BCUT2D eigenvalue weighted by molar-refractivity contribution is 5.59. The molecule has 156 valence electrons. The number of hydrogen-bond acceptors (Lipinski definition) is 4. The second-order valence-electron chi connectivity index (χ2n) is 7.36. The van der Waals surface area contributed by atoms with Gasteiger partial charge in [0.25, 0.3) is 0 Å². The number of ether oxygens (including phenoxy) is 1. The fourth-order valence-electron chi connectivity index (χ4n) is 3.64. The number of hydrazine groups is 1. The molecule has 4 rings (SSSR count). The van der Waals surface area contributed by atoms with Crippen molar-refractivity contribution in [2.45, 2.75) is 18.1 Å². The number of nitrogens with zero attached hydrogens (tertiary/aromatic N) is 2. The van der Waals surface area contributed by atoms with Gasteiger partial charge in [0.15, 0.2) is 0 Å². The summed E-state index contributed by atoms with van der Waals surface area (Å²) in [5.74, 6) is 0. The van der Waals surface area contributed by atoms with Gasteiger partial charge < -0.3 is 4.74 Å². The summed E-state index contributed by atoms with van der Waals surface area (Å²) >= 11 is 0. The van der Waals surface area contributed by atoms with Crippen molar-refractivity contribution in [3.63, 3.8) is 0 Å². The van der Waals surface area contributed by atoms with Crippen molar-refractivity contribution >= 4 is 6.08 Å². The Kier molecular flexibility index (Phi) is 6.67. The van der Waals surface area contributed by atoms with E-state index in [0.717, 1.165) is 22.4 Å². The van der Waals surface area contributed by atoms with E-state index < -0.39 is 5.60 Å². The minimum atomic E-state index is -0.456. The largest absolute Gasteiger partial charge is 0.369 e. The molecule has 2 atom stereocenters. The summed E-state index contributed by atoms with van der Waals surface area (Å²) in [5, 5.41) is 8.37. The van der Waals surface area contributed by atoms with Crippen LogP contribution in [0.5, 0.6) is 0 Å². The zero-order valence-electron chi connectivity index (χ0n) is 17.5. The quantitative estimate of drug-likeness (QED) is 0.474. The van der Waals surface area contributed by atoms with Crippen LogP contribution in [-0.2, 0) is 10.3 Å². The van der Waals surface area contributed by atoms with Crippen LogP contribution in [0.2, 0.25) is 0 Å². The highest BCUT2D eigenvalue weighted by Crippen LogP contribution is 2.34. The lowest BCUT2D eigenvalue weighted by atomic mass is 9.86. The molecule has 0 spiro atoms. The van der Waals surface area contributed by atoms with Crippen molar-refractivity contribution in [1.82, 2.24) is 11.0 Å². The summed E-state index contributed by atoms with van der Waals surface area (Å²) in [4.78, 5) is 0. The smallest absolute Gasteiger partial charge is 0.115 e. The number of nitrogens with one attached hydrogen (secondary N) is 2. The lowest BCUT2D eigenvalue weighted by Gasteiger charge is -2.30. The molecule has 5 heteroatoms. The predicted octanol–water partition coefficient (Wildman–Crippen LogP) is 5.41. The first-order chi connectivity index (χ1) is 15.3. The molecule has 0 saturated heterocycles. The second-order valence-corrected chi connectivity index (χ2v) is 7.36. The lowest BCUT2D eigenvalue weighted by molar-refractivity contribution is 0.0303. The summed E-state index contributed by atoms with van der Waals surface area (Å²) < 4.78 is 5.83. The molecule has 5 nitrogen and oxygen atoms in total. The van der Waals surface area contributed by atoms with Crippen molar-refractivity contribution in [3.05, 3.63) is 126 Å². The van der Waals surface area contributed by atoms with E-state index >= 15 is 0 Å². The van der Waals surface area contributed by atoms with Gasteiger partial charge in [-0.1, -0.05) is 96.3 Å². The molecule has 0 saturated carbocycles. The van der Waals surface area contributed by atoms with Gasteiger partial charge in [0.2, 0.25) is 0 Å². The maximum atomic E-state index is 5.83. The molecule has 2 aromatic carbocycles. The third-order valence-electron chi connectivity index (χ3n) is 5.40. The molecule has 2 aliphatic carbocycles. The first-order valence-corrected chi connectivity index (χ1v) is 10.3. The monoisotopic (exact) mass is 410 g/mol. The summed E-state index contributed by atoms with van der Waals surface area (Å²) in [5.41, 5.74) is 9.80. The first kappa shape index (κ1) is 20.7. The molecule has 0 heterocycles. The number of hydrogen-bond donors (Lipinski definition) is 2. The normalized spacial score (nSPS) is 24.0. The van der Waals surface area contributed by atoms with Crippen LogP contribution in [0.3, 0.4) is 0 Å². The third kappa shape index (κ3) is 5.15. The minimum absolute atomic E-state index is 0.000689. The van der Waals surface area contributed by atoms with Crippen LogP contribution in [0, 0.1) is 0 Å². The topological polar surface area (TPSA) is 58.0 Å². The van der Waals surface area contributed by atoms with E-state index in [1.165, 1.54) is 0 Å². The Morgan fingerprint density at radius 1 is 1.00 bits per heavy atom. The van der Waals surface area contributed by atoms with E-state index in [0.29, 0.717) is 6.42 Å². The van der Waals surface area contributed by atoms with E-state index in [4.69, 9.17) is 4.74 Å². The van der Waals surface area contributed by atoms with Crippen LogP contribution in [-0.4, -0.2) is 13.2 Å². The Hall–Kier alpha value is -3.54. The summed E-state index contributed by atoms with van der Waals surface area (Å²) in [6.45, 7) is 0. The van der Waals surface area contributed by atoms with Gasteiger partial charge in [-0.3, -0.25) is 0 Å². The molecule has 0 aromatic heterocycles. The third-order valence-corrected chi connectivity index (χ3v) is 5.40. The van der Waals surface area contributed by atoms with E-state index in [9.17, 15) is 0 Å². The average molecular weight is 411 g/mol. The number of methoxy groups -OCH3 is 1. The van der Waals surface area contributed by atoms with E-state index in [2.05, 4.69) is 63.8 Å².